The van der Waals surface area contributed by atoms with Gasteiger partial charge in [0, 0.05) is 0 Å². The Morgan fingerprint density at radius 1 is 1.08 bits per heavy atom. The molecule has 2 rings (SSSR count). The molecule has 2 N–H and O–H groups in total. The molecule has 0 aromatic heterocycles. The largest absolute Gasteiger partial charge is 0.445 e. The zero-order chi connectivity index (χ0) is 19.0. The Bertz CT molecular complexity index is 795. The first-order valence-electron chi connectivity index (χ1n) is 7.98. The SMILES string of the molecule is CC(NC(=O)OCc1ccccc1)C(O)COS(=O)(=O)c1ccccc1. The van der Waals surface area contributed by atoms with Crippen LogP contribution in [0.2, 0.25) is 0 Å². The lowest BCUT2D eigenvalue weighted by molar-refractivity contribution is 0.0734. The van der Waals surface area contributed by atoms with Crippen LogP contribution in [0.1, 0.15) is 12.5 Å². The Labute approximate surface area is 152 Å². The van der Waals surface area contributed by atoms with Crippen molar-refractivity contribution >= 4 is 16.2 Å². The number of hydrogen-bond acceptors (Lipinski definition) is 6. The van der Waals surface area contributed by atoms with E-state index < -0.39 is 35.0 Å². The second kappa shape index (κ2) is 9.33. The maximum atomic E-state index is 12.0. The summed E-state index contributed by atoms with van der Waals surface area (Å²) in [5.41, 5.74) is 0.827. The minimum atomic E-state index is -3.97. The van der Waals surface area contributed by atoms with Crippen LogP contribution in [0.25, 0.3) is 0 Å². The van der Waals surface area contributed by atoms with Crippen LogP contribution in [-0.4, -0.2) is 38.4 Å². The Hall–Kier alpha value is -2.42. The van der Waals surface area contributed by atoms with Crippen LogP contribution in [0.3, 0.4) is 0 Å². The molecule has 2 aromatic carbocycles. The average Bonchev–Trinajstić information content (AvgIpc) is 2.66. The van der Waals surface area contributed by atoms with Crippen LogP contribution in [0, 0.1) is 0 Å². The predicted molar refractivity (Wildman–Crippen MR) is 94.8 cm³/mol. The van der Waals surface area contributed by atoms with E-state index in [0.29, 0.717) is 0 Å². The molecule has 140 valence electrons. The molecule has 0 aliphatic rings. The Morgan fingerprint density at radius 2 is 1.65 bits per heavy atom. The van der Waals surface area contributed by atoms with Gasteiger partial charge < -0.3 is 15.2 Å². The highest BCUT2D eigenvalue weighted by atomic mass is 32.2. The van der Waals surface area contributed by atoms with Crippen molar-refractivity contribution in [3.05, 3.63) is 66.2 Å². The van der Waals surface area contributed by atoms with Gasteiger partial charge in [-0.25, -0.2) is 4.79 Å². The molecular formula is C18H21NO6S. The first-order valence-corrected chi connectivity index (χ1v) is 9.39. The molecule has 7 nitrogen and oxygen atoms in total. The predicted octanol–water partition coefficient (Wildman–Crippen LogP) is 2.07. The smallest absolute Gasteiger partial charge is 0.407 e. The first kappa shape index (κ1) is 19.9. The number of nitrogens with one attached hydrogen (secondary N) is 1. The van der Waals surface area contributed by atoms with Gasteiger partial charge in [-0.2, -0.15) is 8.42 Å². The molecule has 0 fully saturated rings. The summed E-state index contributed by atoms with van der Waals surface area (Å²) in [6.07, 6.45) is -1.94. The molecule has 8 heteroatoms. The minimum Gasteiger partial charge on any atom is -0.445 e. The number of benzene rings is 2. The van der Waals surface area contributed by atoms with Crippen LogP contribution < -0.4 is 5.32 Å². The zero-order valence-electron chi connectivity index (χ0n) is 14.2. The third kappa shape index (κ3) is 6.14. The highest BCUT2D eigenvalue weighted by Crippen LogP contribution is 2.12. The number of alkyl carbamates (subject to hydrolysis) is 1. The van der Waals surface area contributed by atoms with Gasteiger partial charge in [-0.05, 0) is 24.6 Å². The summed E-state index contributed by atoms with van der Waals surface area (Å²) in [7, 11) is -3.97. The lowest BCUT2D eigenvalue weighted by Gasteiger charge is -2.19. The molecule has 0 heterocycles. The normalized spacial score (nSPS) is 13.6. The number of ether oxygens (including phenoxy) is 1. The lowest BCUT2D eigenvalue weighted by Crippen LogP contribution is -2.43. The van der Waals surface area contributed by atoms with E-state index in [1.807, 2.05) is 30.3 Å². The van der Waals surface area contributed by atoms with Crippen molar-refractivity contribution in [3.8, 4) is 0 Å². The summed E-state index contributed by atoms with van der Waals surface area (Å²) in [5.74, 6) is 0. The van der Waals surface area contributed by atoms with Gasteiger partial charge >= 0.3 is 6.09 Å². The molecule has 2 unspecified atom stereocenters. The molecule has 0 bridgehead atoms. The summed E-state index contributed by atoms with van der Waals surface area (Å²) in [5, 5.41) is 12.4. The van der Waals surface area contributed by atoms with Gasteiger partial charge in [0.25, 0.3) is 10.1 Å². The third-order valence-electron chi connectivity index (χ3n) is 3.56. The van der Waals surface area contributed by atoms with Crippen molar-refractivity contribution in [1.82, 2.24) is 5.32 Å². The van der Waals surface area contributed by atoms with Gasteiger partial charge in [-0.15, -0.1) is 0 Å². The number of aliphatic hydroxyl groups is 1. The van der Waals surface area contributed by atoms with Crippen LogP contribution >= 0.6 is 0 Å². The van der Waals surface area contributed by atoms with E-state index in [-0.39, 0.29) is 11.5 Å². The Balaban J connectivity index is 1.78. The average molecular weight is 379 g/mol. The summed E-state index contributed by atoms with van der Waals surface area (Å²) in [6.45, 7) is 1.12. The number of carbonyl (C=O) groups is 1. The summed E-state index contributed by atoms with van der Waals surface area (Å²) in [6, 6.07) is 16.0. The molecule has 0 radical (unpaired) electrons. The summed E-state index contributed by atoms with van der Waals surface area (Å²) < 4.78 is 33.9. The van der Waals surface area contributed by atoms with Gasteiger partial charge in [-0.1, -0.05) is 48.5 Å². The minimum absolute atomic E-state index is 0.00455. The molecular weight excluding hydrogens is 358 g/mol. The Morgan fingerprint density at radius 3 is 2.27 bits per heavy atom. The maximum absolute atomic E-state index is 12.0. The number of amides is 1. The lowest BCUT2D eigenvalue weighted by atomic mass is 10.2. The van der Waals surface area contributed by atoms with Crippen LogP contribution in [0.4, 0.5) is 4.79 Å². The van der Waals surface area contributed by atoms with Crippen molar-refractivity contribution in [2.45, 2.75) is 30.6 Å². The first-order chi connectivity index (χ1) is 12.4. The van der Waals surface area contributed by atoms with Gasteiger partial charge in [0.1, 0.15) is 6.61 Å². The number of rotatable bonds is 8. The van der Waals surface area contributed by atoms with Gasteiger partial charge in [0.05, 0.1) is 23.6 Å². The van der Waals surface area contributed by atoms with Crippen molar-refractivity contribution < 1.29 is 27.2 Å². The van der Waals surface area contributed by atoms with Crippen molar-refractivity contribution in [2.75, 3.05) is 6.61 Å². The van der Waals surface area contributed by atoms with Gasteiger partial charge in [0.2, 0.25) is 0 Å². The van der Waals surface area contributed by atoms with Crippen LogP contribution in [-0.2, 0) is 25.6 Å². The van der Waals surface area contributed by atoms with E-state index in [9.17, 15) is 18.3 Å². The van der Waals surface area contributed by atoms with E-state index >= 15 is 0 Å². The molecule has 2 aromatic rings. The van der Waals surface area contributed by atoms with Gasteiger partial charge in [-0.3, -0.25) is 4.18 Å². The fourth-order valence-corrected chi connectivity index (χ4v) is 2.95. The molecule has 0 spiro atoms. The van der Waals surface area contributed by atoms with Gasteiger partial charge in [0.15, 0.2) is 0 Å². The van der Waals surface area contributed by atoms with Crippen LogP contribution in [0.15, 0.2) is 65.6 Å². The Kier molecular flexibility index (Phi) is 7.14. The molecule has 26 heavy (non-hydrogen) atoms. The van der Waals surface area contributed by atoms with Crippen molar-refractivity contribution in [2.24, 2.45) is 0 Å². The molecule has 0 saturated carbocycles. The van der Waals surface area contributed by atoms with Crippen molar-refractivity contribution in [1.29, 1.82) is 0 Å². The summed E-state index contributed by atoms with van der Waals surface area (Å²) in [4.78, 5) is 11.7. The third-order valence-corrected chi connectivity index (χ3v) is 4.86. The highest BCUT2D eigenvalue weighted by Gasteiger charge is 2.22. The second-order valence-corrected chi connectivity index (χ2v) is 7.23. The zero-order valence-corrected chi connectivity index (χ0v) is 15.1. The second-order valence-electron chi connectivity index (χ2n) is 5.61. The molecule has 0 saturated heterocycles. The molecule has 0 aliphatic heterocycles. The number of carbonyl (C=O) groups excluding carboxylic acids is 1. The van der Waals surface area contributed by atoms with Crippen LogP contribution in [0.5, 0.6) is 0 Å². The van der Waals surface area contributed by atoms with E-state index in [1.54, 1.807) is 18.2 Å². The fraction of sp³-hybridized carbons (Fsp3) is 0.278. The fourth-order valence-electron chi connectivity index (χ4n) is 2.01. The monoisotopic (exact) mass is 379 g/mol. The highest BCUT2D eigenvalue weighted by molar-refractivity contribution is 7.86. The molecule has 0 aliphatic carbocycles. The molecule has 1 amide bonds. The van der Waals surface area contributed by atoms with Crippen molar-refractivity contribution in [3.63, 3.8) is 0 Å². The topological polar surface area (TPSA) is 102 Å². The number of aliphatic hydroxyl groups excluding tert-OH is 1. The number of hydrogen-bond donors (Lipinski definition) is 2. The van der Waals surface area contributed by atoms with E-state index in [4.69, 9.17) is 8.92 Å². The maximum Gasteiger partial charge on any atom is 0.407 e. The van der Waals surface area contributed by atoms with E-state index in [2.05, 4.69) is 5.32 Å². The van der Waals surface area contributed by atoms with E-state index in [0.717, 1.165) is 5.56 Å². The molecule has 2 atom stereocenters. The standard InChI is InChI=1S/C18H21NO6S/c1-14(19-18(21)24-12-15-8-4-2-5-9-15)17(20)13-25-26(22,23)16-10-6-3-7-11-16/h2-11,14,17,20H,12-13H2,1H3,(H,19,21). The summed E-state index contributed by atoms with van der Waals surface area (Å²) >= 11 is 0. The van der Waals surface area contributed by atoms with E-state index in [1.165, 1.54) is 19.1 Å². The quantitative estimate of drug-likeness (QED) is 0.681.